The van der Waals surface area contributed by atoms with E-state index in [0.717, 1.165) is 28.1 Å². The Hall–Kier alpha value is -2.03. The second-order valence-corrected chi connectivity index (χ2v) is 5.38. The molecular formula is C17H22IN5O. The fraction of sp³-hybridized carbons (Fsp3) is 0.294. The monoisotopic (exact) mass is 439 g/mol. The summed E-state index contributed by atoms with van der Waals surface area (Å²) in [6.07, 6.45) is 3.70. The van der Waals surface area contributed by atoms with Gasteiger partial charge in [0.25, 0.3) is 0 Å². The van der Waals surface area contributed by atoms with Crippen LogP contribution in [0.5, 0.6) is 0 Å². The first kappa shape index (κ1) is 18.3. The Bertz CT molecular complexity index is 836. The Morgan fingerprint density at radius 3 is 2.67 bits per heavy atom. The fourth-order valence-electron chi connectivity index (χ4n) is 2.51. The number of aliphatic imine (C=N–C) groups is 1. The number of nitrogens with one attached hydrogen (secondary N) is 2. The molecule has 0 saturated heterocycles. The average molecular weight is 439 g/mol. The van der Waals surface area contributed by atoms with E-state index in [-0.39, 0.29) is 24.0 Å². The van der Waals surface area contributed by atoms with E-state index in [4.69, 9.17) is 4.42 Å². The highest BCUT2D eigenvalue weighted by atomic mass is 127. The van der Waals surface area contributed by atoms with Gasteiger partial charge >= 0.3 is 0 Å². The summed E-state index contributed by atoms with van der Waals surface area (Å²) in [6.45, 7) is 3.27. The minimum Gasteiger partial charge on any atom is -0.459 e. The Morgan fingerprint density at radius 1 is 1.25 bits per heavy atom. The highest BCUT2D eigenvalue weighted by Gasteiger charge is 2.10. The summed E-state index contributed by atoms with van der Waals surface area (Å²) in [5.41, 5.74) is 2.07. The lowest BCUT2D eigenvalue weighted by Gasteiger charge is -2.11. The van der Waals surface area contributed by atoms with Gasteiger partial charge in [0.1, 0.15) is 17.2 Å². The molecule has 0 unspecified atom stereocenters. The predicted molar refractivity (Wildman–Crippen MR) is 107 cm³/mol. The summed E-state index contributed by atoms with van der Waals surface area (Å²) < 4.78 is 7.88. The van der Waals surface area contributed by atoms with Gasteiger partial charge in [0.2, 0.25) is 0 Å². The van der Waals surface area contributed by atoms with Crippen LogP contribution in [0, 0.1) is 6.92 Å². The van der Waals surface area contributed by atoms with Gasteiger partial charge in [0.15, 0.2) is 5.96 Å². The first-order valence-electron chi connectivity index (χ1n) is 7.56. The number of furan rings is 1. The molecule has 0 aliphatic carbocycles. The van der Waals surface area contributed by atoms with Crippen molar-refractivity contribution in [2.75, 3.05) is 7.05 Å². The van der Waals surface area contributed by atoms with E-state index in [1.54, 1.807) is 13.2 Å². The van der Waals surface area contributed by atoms with Gasteiger partial charge in [0.05, 0.1) is 13.1 Å². The number of benzene rings is 1. The third kappa shape index (κ3) is 3.89. The van der Waals surface area contributed by atoms with Gasteiger partial charge in [-0.2, -0.15) is 0 Å². The molecule has 24 heavy (non-hydrogen) atoms. The number of imidazole rings is 1. The Kier molecular flexibility index (Phi) is 6.24. The number of hydrogen-bond acceptors (Lipinski definition) is 3. The molecule has 0 fully saturated rings. The Morgan fingerprint density at radius 2 is 2.00 bits per heavy atom. The summed E-state index contributed by atoms with van der Waals surface area (Å²) in [4.78, 5) is 8.51. The zero-order chi connectivity index (χ0) is 16.2. The van der Waals surface area contributed by atoms with E-state index >= 15 is 0 Å². The molecule has 7 heteroatoms. The van der Waals surface area contributed by atoms with Crippen molar-refractivity contribution in [3.8, 4) is 0 Å². The van der Waals surface area contributed by atoms with E-state index in [9.17, 15) is 0 Å². The second kappa shape index (κ2) is 8.18. The zero-order valence-corrected chi connectivity index (χ0v) is 16.4. The van der Waals surface area contributed by atoms with Crippen molar-refractivity contribution in [2.24, 2.45) is 12.0 Å². The molecule has 0 bridgehead atoms. The fourth-order valence-corrected chi connectivity index (χ4v) is 2.51. The molecule has 0 aliphatic heterocycles. The lowest BCUT2D eigenvalue weighted by atomic mass is 10.1. The number of aromatic nitrogens is 2. The molecular weight excluding hydrogens is 417 g/mol. The molecule has 2 aromatic heterocycles. The highest BCUT2D eigenvalue weighted by molar-refractivity contribution is 14.0. The molecule has 2 heterocycles. The summed E-state index contributed by atoms with van der Waals surface area (Å²) in [5, 5.41) is 7.68. The Balaban J connectivity index is 0.00000208. The molecule has 0 atom stereocenters. The van der Waals surface area contributed by atoms with Gasteiger partial charge in [-0.1, -0.05) is 18.2 Å². The summed E-state index contributed by atoms with van der Waals surface area (Å²) >= 11 is 0. The quantitative estimate of drug-likeness (QED) is 0.373. The molecule has 0 spiro atoms. The molecule has 3 aromatic rings. The van der Waals surface area contributed by atoms with E-state index in [1.165, 1.54) is 0 Å². The van der Waals surface area contributed by atoms with Gasteiger partial charge in [-0.25, -0.2) is 4.98 Å². The number of nitrogens with zero attached hydrogens (tertiary/aromatic N) is 3. The molecule has 1 aromatic carbocycles. The van der Waals surface area contributed by atoms with Crippen LogP contribution >= 0.6 is 24.0 Å². The van der Waals surface area contributed by atoms with Crippen molar-refractivity contribution < 1.29 is 4.42 Å². The first-order chi connectivity index (χ1) is 11.2. The van der Waals surface area contributed by atoms with E-state index in [0.29, 0.717) is 19.0 Å². The van der Waals surface area contributed by atoms with Gasteiger partial charge < -0.3 is 19.6 Å². The van der Waals surface area contributed by atoms with Crippen molar-refractivity contribution in [2.45, 2.75) is 20.0 Å². The van der Waals surface area contributed by atoms with Crippen LogP contribution < -0.4 is 10.6 Å². The van der Waals surface area contributed by atoms with Crippen molar-refractivity contribution in [1.82, 2.24) is 20.2 Å². The van der Waals surface area contributed by atoms with Crippen LogP contribution in [0.3, 0.4) is 0 Å². The Labute approximate surface area is 158 Å². The highest BCUT2D eigenvalue weighted by Crippen LogP contribution is 2.24. The largest absolute Gasteiger partial charge is 0.459 e. The number of fused-ring (bicyclic) bond motifs is 1. The van der Waals surface area contributed by atoms with E-state index in [2.05, 4.69) is 33.6 Å². The minimum atomic E-state index is 0. The van der Waals surface area contributed by atoms with E-state index in [1.807, 2.05) is 36.0 Å². The van der Waals surface area contributed by atoms with Crippen LogP contribution in [0.15, 0.2) is 46.1 Å². The summed E-state index contributed by atoms with van der Waals surface area (Å²) in [6, 6.07) is 8.07. The predicted octanol–water partition coefficient (Wildman–Crippen LogP) is 2.96. The molecule has 0 saturated carbocycles. The van der Waals surface area contributed by atoms with Crippen LogP contribution in [-0.4, -0.2) is 22.6 Å². The van der Waals surface area contributed by atoms with Crippen LogP contribution in [0.2, 0.25) is 0 Å². The normalized spacial score (nSPS) is 11.4. The lowest BCUT2D eigenvalue weighted by Crippen LogP contribution is -2.36. The van der Waals surface area contributed by atoms with Gasteiger partial charge in [-0.05, 0) is 13.0 Å². The number of rotatable bonds is 4. The minimum absolute atomic E-state index is 0. The second-order valence-electron chi connectivity index (χ2n) is 5.38. The smallest absolute Gasteiger partial charge is 0.191 e. The van der Waals surface area contributed by atoms with Gasteiger partial charge in [-0.15, -0.1) is 24.0 Å². The SMILES string of the molecule is CN=C(NCc1oc2ccccc2c1C)NCc1nccn1C.I. The van der Waals surface area contributed by atoms with Crippen molar-refractivity contribution >= 4 is 40.9 Å². The molecule has 6 nitrogen and oxygen atoms in total. The van der Waals surface area contributed by atoms with Crippen molar-refractivity contribution in [3.05, 3.63) is 53.8 Å². The van der Waals surface area contributed by atoms with Crippen LogP contribution in [-0.2, 0) is 20.1 Å². The molecule has 2 N–H and O–H groups in total. The topological polar surface area (TPSA) is 67.4 Å². The standard InChI is InChI=1S/C17H21N5O.HI/c1-12-13-6-4-5-7-14(13)23-15(12)10-20-17(18-2)21-11-16-19-8-9-22(16)3;/h4-9H,10-11H2,1-3H3,(H2,18,20,21);1H. The maximum absolute atomic E-state index is 5.90. The third-order valence-corrected chi connectivity index (χ3v) is 3.92. The molecule has 0 amide bonds. The third-order valence-electron chi connectivity index (χ3n) is 3.92. The molecule has 0 radical (unpaired) electrons. The maximum Gasteiger partial charge on any atom is 0.191 e. The molecule has 3 rings (SSSR count). The van der Waals surface area contributed by atoms with Crippen molar-refractivity contribution in [1.29, 1.82) is 0 Å². The van der Waals surface area contributed by atoms with Crippen LogP contribution in [0.4, 0.5) is 0 Å². The summed E-state index contributed by atoms with van der Waals surface area (Å²) in [7, 11) is 3.72. The van der Waals surface area contributed by atoms with Gasteiger partial charge in [-0.3, -0.25) is 4.99 Å². The first-order valence-corrected chi connectivity index (χ1v) is 7.56. The lowest BCUT2D eigenvalue weighted by molar-refractivity contribution is 0.534. The number of hydrogen-bond donors (Lipinski definition) is 2. The number of halogens is 1. The number of guanidine groups is 1. The molecule has 0 aliphatic rings. The van der Waals surface area contributed by atoms with E-state index < -0.39 is 0 Å². The maximum atomic E-state index is 5.90. The van der Waals surface area contributed by atoms with Crippen molar-refractivity contribution in [3.63, 3.8) is 0 Å². The van der Waals surface area contributed by atoms with Crippen LogP contribution in [0.25, 0.3) is 11.0 Å². The molecule has 128 valence electrons. The van der Waals surface area contributed by atoms with Gasteiger partial charge in [0, 0.05) is 37.4 Å². The van der Waals surface area contributed by atoms with Crippen LogP contribution in [0.1, 0.15) is 17.1 Å². The number of para-hydroxylation sites is 1. The average Bonchev–Trinajstić information content (AvgIpc) is 3.12. The zero-order valence-electron chi connectivity index (χ0n) is 14.0. The summed E-state index contributed by atoms with van der Waals surface area (Å²) in [5.74, 6) is 2.59. The number of aryl methyl sites for hydroxylation is 2.